The van der Waals surface area contributed by atoms with Crippen LogP contribution in [0.5, 0.6) is 0 Å². The minimum Gasteiger partial charge on any atom is -0.340 e. The molecule has 1 heteroatoms. The molecule has 0 amide bonds. The summed E-state index contributed by atoms with van der Waals surface area (Å²) in [6.07, 6.45) is 5.75. The highest BCUT2D eigenvalue weighted by Gasteiger charge is 2.21. The molecule has 0 spiro atoms. The van der Waals surface area contributed by atoms with E-state index in [-0.39, 0.29) is 0 Å². The van der Waals surface area contributed by atoms with Gasteiger partial charge in [0.25, 0.3) is 0 Å². The van der Waals surface area contributed by atoms with E-state index < -0.39 is 0 Å². The van der Waals surface area contributed by atoms with E-state index >= 15 is 0 Å². The van der Waals surface area contributed by atoms with Crippen LogP contribution >= 0.6 is 0 Å². The van der Waals surface area contributed by atoms with Gasteiger partial charge in [0.2, 0.25) is 0 Å². The number of nitrogens with zero attached hydrogens (tertiary/aromatic N) is 1. The highest BCUT2D eigenvalue weighted by molar-refractivity contribution is 6.10. The highest BCUT2D eigenvalue weighted by Crippen LogP contribution is 2.44. The average Bonchev–Trinajstić information content (AvgIpc) is 3.41. The molecule has 1 nitrogen and oxygen atoms in total. The van der Waals surface area contributed by atoms with Crippen molar-refractivity contribution in [2.45, 2.75) is 45.6 Å². The Morgan fingerprint density at radius 1 is 0.375 bits per heavy atom. The lowest BCUT2D eigenvalue weighted by Gasteiger charge is -2.25. The molecular weight excluding hydrogens is 579 g/mol. The number of benzene rings is 6. The summed E-state index contributed by atoms with van der Waals surface area (Å²) in [6.45, 7) is 3.28. The van der Waals surface area contributed by atoms with E-state index in [4.69, 9.17) is 0 Å². The van der Waals surface area contributed by atoms with Gasteiger partial charge in [-0.25, -0.2) is 0 Å². The smallest absolute Gasteiger partial charge is 0.0491 e. The maximum absolute atomic E-state index is 2.51. The van der Waals surface area contributed by atoms with Crippen molar-refractivity contribution in [1.29, 1.82) is 0 Å². The monoisotopic (exact) mass is 617 g/mol. The molecule has 2 aliphatic carbocycles. The van der Waals surface area contributed by atoms with Crippen LogP contribution in [0.2, 0.25) is 0 Å². The van der Waals surface area contributed by atoms with Crippen LogP contribution in [0.25, 0.3) is 66.4 Å². The van der Waals surface area contributed by atoms with Crippen molar-refractivity contribution >= 4 is 44.1 Å². The first-order valence-corrected chi connectivity index (χ1v) is 17.6. The van der Waals surface area contributed by atoms with E-state index in [0.29, 0.717) is 0 Å². The van der Waals surface area contributed by atoms with E-state index in [9.17, 15) is 0 Å². The zero-order valence-electron chi connectivity index (χ0n) is 27.5. The first kappa shape index (κ1) is 28.8. The fourth-order valence-corrected chi connectivity index (χ4v) is 7.96. The standard InChI is InChI=1S/C47H39N/c1-2-29-48-46-27-21-38(32-13-17-36(18-14-32)42-25-23-40(42)34-9-5-3-6-10-34)30-44(46)45-31-39(22-28-47(45)48)33-15-19-37(20-16-33)43-26-24-41(43)35-11-7-4-8-12-35/h3-22,27-28,30-31H,2,23-26,29H2,1H3. The van der Waals surface area contributed by atoms with Crippen LogP contribution in [0.15, 0.2) is 146 Å². The Hall–Kier alpha value is -5.40. The summed E-state index contributed by atoms with van der Waals surface area (Å²) in [5.41, 5.74) is 19.1. The van der Waals surface area contributed by atoms with Gasteiger partial charge in [-0.3, -0.25) is 0 Å². The number of hydrogen-bond acceptors (Lipinski definition) is 0. The van der Waals surface area contributed by atoms with E-state index in [0.717, 1.165) is 25.8 Å². The molecule has 48 heavy (non-hydrogen) atoms. The SMILES string of the molecule is CCCn1c2ccc(-c3ccc(C4=C(c5ccccc5)CC4)cc3)cc2c2cc(-c3ccc(C4=C(c5ccccc5)CC4)cc3)ccc21. The second kappa shape index (κ2) is 12.0. The Morgan fingerprint density at radius 2 is 0.708 bits per heavy atom. The Morgan fingerprint density at radius 3 is 1.06 bits per heavy atom. The maximum atomic E-state index is 2.51. The number of rotatable bonds is 8. The Balaban J connectivity index is 1.06. The largest absolute Gasteiger partial charge is 0.340 e. The molecule has 7 aromatic rings. The van der Waals surface area contributed by atoms with E-state index in [2.05, 4.69) is 157 Å². The van der Waals surface area contributed by atoms with Crippen molar-refractivity contribution in [3.05, 3.63) is 168 Å². The quantitative estimate of drug-likeness (QED) is 0.160. The van der Waals surface area contributed by atoms with Crippen molar-refractivity contribution in [1.82, 2.24) is 4.57 Å². The van der Waals surface area contributed by atoms with Gasteiger partial charge in [0.15, 0.2) is 0 Å². The number of aromatic nitrogens is 1. The Labute approximate surface area is 283 Å². The summed E-state index contributed by atoms with van der Waals surface area (Å²) in [7, 11) is 0. The van der Waals surface area contributed by atoms with Gasteiger partial charge in [-0.2, -0.15) is 0 Å². The second-order valence-electron chi connectivity index (χ2n) is 13.4. The van der Waals surface area contributed by atoms with Gasteiger partial charge in [-0.15, -0.1) is 0 Å². The lowest BCUT2D eigenvalue weighted by molar-refractivity contribution is 0.724. The molecule has 1 heterocycles. The summed E-state index contributed by atoms with van der Waals surface area (Å²) in [6, 6.07) is 54.3. The van der Waals surface area contributed by atoms with Gasteiger partial charge in [0.1, 0.15) is 0 Å². The van der Waals surface area contributed by atoms with Gasteiger partial charge in [0, 0.05) is 28.4 Å². The third kappa shape index (κ3) is 4.93. The summed E-state index contributed by atoms with van der Waals surface area (Å²) in [4.78, 5) is 0. The van der Waals surface area contributed by atoms with E-state index in [1.165, 1.54) is 101 Å². The zero-order valence-corrected chi connectivity index (χ0v) is 27.5. The first-order chi connectivity index (χ1) is 23.7. The first-order valence-electron chi connectivity index (χ1n) is 17.6. The molecule has 2 aliphatic rings. The number of aryl methyl sites for hydroxylation is 1. The number of allylic oxidation sites excluding steroid dienone is 4. The van der Waals surface area contributed by atoms with E-state index in [1.54, 1.807) is 0 Å². The van der Waals surface area contributed by atoms with Crippen LogP contribution in [0.3, 0.4) is 0 Å². The summed E-state index contributed by atoms with van der Waals surface area (Å²) >= 11 is 0. The number of hydrogen-bond donors (Lipinski definition) is 0. The van der Waals surface area contributed by atoms with Crippen LogP contribution < -0.4 is 0 Å². The predicted octanol–water partition coefficient (Wildman–Crippen LogP) is 12.9. The molecule has 6 aromatic carbocycles. The molecular formula is C47H39N. The lowest BCUT2D eigenvalue weighted by atomic mass is 9.80. The molecule has 0 bridgehead atoms. The normalized spacial score (nSPS) is 14.4. The third-order valence-electron chi connectivity index (χ3n) is 10.7. The maximum Gasteiger partial charge on any atom is 0.0491 e. The van der Waals surface area contributed by atoms with Crippen molar-refractivity contribution in [2.24, 2.45) is 0 Å². The number of fused-ring (bicyclic) bond motifs is 3. The molecule has 1 aromatic heterocycles. The van der Waals surface area contributed by atoms with Crippen LogP contribution in [-0.2, 0) is 6.54 Å². The van der Waals surface area contributed by atoms with Crippen molar-refractivity contribution in [3.8, 4) is 22.3 Å². The van der Waals surface area contributed by atoms with Crippen LogP contribution in [0.1, 0.15) is 61.3 Å². The Bertz CT molecular complexity index is 2180. The van der Waals surface area contributed by atoms with Crippen molar-refractivity contribution < 1.29 is 0 Å². The highest BCUT2D eigenvalue weighted by atomic mass is 15.0. The van der Waals surface area contributed by atoms with Crippen molar-refractivity contribution in [3.63, 3.8) is 0 Å². The molecule has 0 fully saturated rings. The van der Waals surface area contributed by atoms with E-state index in [1.807, 2.05) is 0 Å². The minimum absolute atomic E-state index is 1.01. The van der Waals surface area contributed by atoms with Gasteiger partial charge in [-0.1, -0.05) is 128 Å². The Kier molecular flexibility index (Phi) is 7.20. The molecule has 0 N–H and O–H groups in total. The molecule has 0 aliphatic heterocycles. The molecule has 0 unspecified atom stereocenters. The second-order valence-corrected chi connectivity index (χ2v) is 13.4. The fourth-order valence-electron chi connectivity index (χ4n) is 7.96. The summed E-state index contributed by atoms with van der Waals surface area (Å²) in [5.74, 6) is 0. The predicted molar refractivity (Wildman–Crippen MR) is 206 cm³/mol. The molecule has 0 radical (unpaired) electrons. The van der Waals surface area contributed by atoms with Crippen LogP contribution in [0, 0.1) is 0 Å². The average molecular weight is 618 g/mol. The van der Waals surface area contributed by atoms with Crippen LogP contribution in [-0.4, -0.2) is 4.57 Å². The molecule has 0 atom stereocenters. The van der Waals surface area contributed by atoms with Gasteiger partial charge < -0.3 is 4.57 Å². The third-order valence-corrected chi connectivity index (χ3v) is 10.7. The lowest BCUT2D eigenvalue weighted by Crippen LogP contribution is -2.02. The summed E-state index contributed by atoms with van der Waals surface area (Å²) in [5, 5.41) is 2.66. The summed E-state index contributed by atoms with van der Waals surface area (Å²) < 4.78 is 2.51. The van der Waals surface area contributed by atoms with Crippen molar-refractivity contribution in [2.75, 3.05) is 0 Å². The zero-order chi connectivity index (χ0) is 32.0. The molecule has 9 rings (SSSR count). The molecule has 0 saturated carbocycles. The topological polar surface area (TPSA) is 4.93 Å². The van der Waals surface area contributed by atoms with Crippen LogP contribution in [0.4, 0.5) is 0 Å². The molecule has 232 valence electrons. The molecule has 0 saturated heterocycles. The van der Waals surface area contributed by atoms with Gasteiger partial charge in [0.05, 0.1) is 0 Å². The fraction of sp³-hybridized carbons (Fsp3) is 0.149. The van der Waals surface area contributed by atoms with Gasteiger partial charge >= 0.3 is 0 Å². The minimum atomic E-state index is 1.01. The van der Waals surface area contributed by atoms with Gasteiger partial charge in [-0.05, 0) is 123 Å².